The highest BCUT2D eigenvalue weighted by Crippen LogP contribution is 2.25. The van der Waals surface area contributed by atoms with E-state index in [4.69, 9.17) is 0 Å². The van der Waals surface area contributed by atoms with Gasteiger partial charge in [0, 0.05) is 17.2 Å². The maximum atomic E-state index is 2.50. The summed E-state index contributed by atoms with van der Waals surface area (Å²) in [6, 6.07) is 9.53. The number of hydrogen-bond donors (Lipinski definition) is 0. The van der Waals surface area contributed by atoms with Gasteiger partial charge in [0.05, 0.1) is 8.07 Å². The third-order valence-electron chi connectivity index (χ3n) is 5.10. The van der Waals surface area contributed by atoms with Gasteiger partial charge in [-0.3, -0.25) is 0 Å². The van der Waals surface area contributed by atoms with Crippen LogP contribution in [0.25, 0.3) is 11.3 Å². The number of aryl methyl sites for hydroxylation is 2. The Kier molecular flexibility index (Phi) is 6.41. The predicted octanol–water partition coefficient (Wildman–Crippen LogP) is 5.82. The molecule has 0 unspecified atom stereocenters. The van der Waals surface area contributed by atoms with Crippen molar-refractivity contribution >= 4 is 13.3 Å². The molecule has 0 aliphatic carbocycles. The molecule has 0 saturated carbocycles. The van der Waals surface area contributed by atoms with E-state index in [0.29, 0.717) is 11.3 Å². The fourth-order valence-electron chi connectivity index (χ4n) is 3.99. The molecule has 27 heavy (non-hydrogen) atoms. The lowest BCUT2D eigenvalue weighted by molar-refractivity contribution is -0.660. The zero-order valence-electron chi connectivity index (χ0n) is 19.3. The van der Waals surface area contributed by atoms with Crippen molar-refractivity contribution in [3.8, 4) is 11.3 Å². The van der Waals surface area contributed by atoms with Gasteiger partial charge >= 0.3 is 0 Å². The van der Waals surface area contributed by atoms with Crippen LogP contribution in [0.1, 0.15) is 51.3 Å². The van der Waals surface area contributed by atoms with Crippen LogP contribution >= 0.6 is 0 Å². The average molecular weight is 383 g/mol. The van der Waals surface area contributed by atoms with Crippen molar-refractivity contribution in [2.24, 2.45) is 18.4 Å². The van der Waals surface area contributed by atoms with Gasteiger partial charge in [-0.25, -0.2) is 4.57 Å². The Morgan fingerprint density at radius 2 is 1.67 bits per heavy atom. The summed E-state index contributed by atoms with van der Waals surface area (Å²) >= 11 is 0. The van der Waals surface area contributed by atoms with Gasteiger partial charge in [0.25, 0.3) is 0 Å². The number of nitrogens with zero attached hydrogens (tertiary/aromatic N) is 1. The van der Waals surface area contributed by atoms with E-state index in [2.05, 4.69) is 103 Å². The Morgan fingerprint density at radius 1 is 1.04 bits per heavy atom. The fourth-order valence-corrected chi connectivity index (χ4v) is 5.68. The zero-order valence-corrected chi connectivity index (χ0v) is 20.3. The second-order valence-electron chi connectivity index (χ2n) is 10.9. The van der Waals surface area contributed by atoms with Crippen LogP contribution in [0.3, 0.4) is 0 Å². The Balaban J connectivity index is 2.58. The first-order valence-corrected chi connectivity index (χ1v) is 13.9. The van der Waals surface area contributed by atoms with E-state index in [-0.39, 0.29) is 0 Å². The molecule has 0 spiro atoms. The Hall–Kier alpha value is -1.41. The quantitative estimate of drug-likeness (QED) is 0.453. The van der Waals surface area contributed by atoms with E-state index in [1.807, 2.05) is 0 Å². The maximum absolute atomic E-state index is 2.50. The van der Waals surface area contributed by atoms with Crippen LogP contribution in [0.2, 0.25) is 19.6 Å². The molecule has 1 nitrogen and oxygen atoms in total. The van der Waals surface area contributed by atoms with Gasteiger partial charge in [0.2, 0.25) is 5.69 Å². The zero-order chi connectivity index (χ0) is 20.6. The first-order valence-electron chi connectivity index (χ1n) is 10.4. The van der Waals surface area contributed by atoms with Crippen molar-refractivity contribution in [2.75, 3.05) is 0 Å². The second kappa shape index (κ2) is 7.91. The molecule has 1 aromatic heterocycles. The average Bonchev–Trinajstić information content (AvgIpc) is 2.44. The minimum Gasteiger partial charge on any atom is -0.201 e. The highest BCUT2D eigenvalue weighted by molar-refractivity contribution is 6.89. The maximum Gasteiger partial charge on any atom is 0.212 e. The van der Waals surface area contributed by atoms with Crippen molar-refractivity contribution in [1.29, 1.82) is 0 Å². The fraction of sp³-hybridized carbons (Fsp3) is 0.560. The number of hydrogen-bond acceptors (Lipinski definition) is 0. The molecular formula is C25H40NSi+. The number of pyridine rings is 1. The standard InChI is InChI=1S/C25H40NSi/c1-18(2)13-20-11-12-22(19(3)14-20)23-15-24(27(8,9)10)21(17-26(23)7)16-25(4,5)6/h11-12,14-15,17-18H,13,16H2,1-10H3/q+1. The summed E-state index contributed by atoms with van der Waals surface area (Å²) in [6.45, 7) is 21.3. The lowest BCUT2D eigenvalue weighted by Crippen LogP contribution is -2.45. The van der Waals surface area contributed by atoms with E-state index < -0.39 is 8.07 Å². The van der Waals surface area contributed by atoms with Crippen LogP contribution in [-0.2, 0) is 19.9 Å². The Labute approximate surface area is 168 Å². The molecule has 2 rings (SSSR count). The Bertz CT molecular complexity index is 804. The predicted molar refractivity (Wildman–Crippen MR) is 122 cm³/mol. The molecule has 0 bridgehead atoms. The lowest BCUT2D eigenvalue weighted by Gasteiger charge is -2.25. The molecule has 0 radical (unpaired) electrons. The van der Waals surface area contributed by atoms with Crippen LogP contribution in [0.5, 0.6) is 0 Å². The summed E-state index contributed by atoms with van der Waals surface area (Å²) in [4.78, 5) is 0. The molecule has 0 atom stereocenters. The van der Waals surface area contributed by atoms with Gasteiger partial charge in [0.1, 0.15) is 7.05 Å². The normalized spacial score (nSPS) is 12.7. The first kappa shape index (κ1) is 21.9. The largest absolute Gasteiger partial charge is 0.212 e. The molecule has 2 aromatic rings. The summed E-state index contributed by atoms with van der Waals surface area (Å²) in [5.41, 5.74) is 7.38. The summed E-state index contributed by atoms with van der Waals surface area (Å²) in [5.74, 6) is 0.696. The van der Waals surface area contributed by atoms with E-state index in [9.17, 15) is 0 Å². The van der Waals surface area contributed by atoms with Crippen molar-refractivity contribution in [3.05, 3.63) is 47.2 Å². The van der Waals surface area contributed by atoms with Gasteiger partial charge in [0.15, 0.2) is 6.20 Å². The van der Waals surface area contributed by atoms with Gasteiger partial charge in [-0.05, 0) is 53.5 Å². The number of aromatic nitrogens is 1. The number of rotatable bonds is 5. The molecule has 0 N–H and O–H groups in total. The molecule has 0 amide bonds. The summed E-state index contributed by atoms with van der Waals surface area (Å²) in [6.07, 6.45) is 4.68. The number of benzene rings is 1. The summed E-state index contributed by atoms with van der Waals surface area (Å²) in [7, 11) is 0.777. The molecule has 0 aliphatic heterocycles. The van der Waals surface area contributed by atoms with Gasteiger partial charge in [-0.15, -0.1) is 0 Å². The SMILES string of the molecule is Cc1cc(CC(C)C)ccc1-c1cc([Si](C)(C)C)c(CC(C)(C)C)c[n+]1C. The first-order chi connectivity index (χ1) is 12.3. The molecular weight excluding hydrogens is 342 g/mol. The van der Waals surface area contributed by atoms with Crippen molar-refractivity contribution in [1.82, 2.24) is 0 Å². The molecule has 1 heterocycles. The van der Waals surface area contributed by atoms with E-state index in [1.54, 1.807) is 5.19 Å². The molecule has 1 aromatic carbocycles. The van der Waals surface area contributed by atoms with Crippen LogP contribution in [0.15, 0.2) is 30.5 Å². The van der Waals surface area contributed by atoms with Crippen LogP contribution in [0, 0.1) is 18.3 Å². The Morgan fingerprint density at radius 3 is 2.15 bits per heavy atom. The van der Waals surface area contributed by atoms with Crippen molar-refractivity contribution in [2.45, 2.75) is 74.0 Å². The van der Waals surface area contributed by atoms with Crippen LogP contribution < -0.4 is 9.75 Å². The minimum atomic E-state index is -1.43. The minimum absolute atomic E-state index is 0.303. The van der Waals surface area contributed by atoms with E-state index in [1.165, 1.54) is 27.9 Å². The van der Waals surface area contributed by atoms with Crippen molar-refractivity contribution in [3.63, 3.8) is 0 Å². The molecule has 0 aliphatic rings. The molecule has 148 valence electrons. The van der Waals surface area contributed by atoms with Gasteiger partial charge < -0.3 is 0 Å². The summed E-state index contributed by atoms with van der Waals surface area (Å²) in [5, 5.41) is 1.61. The third-order valence-corrected chi connectivity index (χ3v) is 7.18. The molecule has 0 fully saturated rings. The summed E-state index contributed by atoms with van der Waals surface area (Å²) < 4.78 is 2.34. The van der Waals surface area contributed by atoms with Crippen LogP contribution in [0.4, 0.5) is 0 Å². The van der Waals surface area contributed by atoms with Gasteiger partial charge in [-0.1, -0.05) is 66.4 Å². The highest BCUT2D eigenvalue weighted by atomic mass is 28.3. The second-order valence-corrected chi connectivity index (χ2v) is 16.0. The van der Waals surface area contributed by atoms with E-state index >= 15 is 0 Å². The molecule has 0 saturated heterocycles. The van der Waals surface area contributed by atoms with Gasteiger partial charge in [-0.2, -0.15) is 0 Å². The van der Waals surface area contributed by atoms with E-state index in [0.717, 1.165) is 12.8 Å². The van der Waals surface area contributed by atoms with Crippen LogP contribution in [-0.4, -0.2) is 8.07 Å². The van der Waals surface area contributed by atoms with Crippen molar-refractivity contribution < 1.29 is 4.57 Å². The lowest BCUT2D eigenvalue weighted by atomic mass is 9.88. The topological polar surface area (TPSA) is 3.88 Å². The monoisotopic (exact) mass is 382 g/mol. The highest BCUT2D eigenvalue weighted by Gasteiger charge is 2.28. The third kappa shape index (κ3) is 5.78. The molecule has 2 heteroatoms. The smallest absolute Gasteiger partial charge is 0.201 e.